The Kier molecular flexibility index (Phi) is 6.41. The number of anilines is 1. The van der Waals surface area contributed by atoms with Crippen LogP contribution in [0.2, 0.25) is 0 Å². The second-order valence-electron chi connectivity index (χ2n) is 3.89. The number of carbonyl (C=O) groups excluding carboxylic acids is 2. The van der Waals surface area contributed by atoms with Gasteiger partial charge < -0.3 is 15.4 Å². The lowest BCUT2D eigenvalue weighted by Gasteiger charge is -2.09. The van der Waals surface area contributed by atoms with Crippen molar-refractivity contribution >= 4 is 34.8 Å². The van der Waals surface area contributed by atoms with Gasteiger partial charge in [-0.15, -0.1) is 11.6 Å². The van der Waals surface area contributed by atoms with E-state index in [1.54, 1.807) is 0 Å². The van der Waals surface area contributed by atoms with Crippen LogP contribution < -0.4 is 15.4 Å². The van der Waals surface area contributed by atoms with Gasteiger partial charge in [-0.25, -0.2) is 0 Å². The van der Waals surface area contributed by atoms with E-state index in [0.29, 0.717) is 12.3 Å². The third kappa shape index (κ3) is 4.92. The number of nitro groups is 1. The summed E-state index contributed by atoms with van der Waals surface area (Å²) in [6.07, 6.45) is 0.543. The first-order valence-corrected chi connectivity index (χ1v) is 6.50. The van der Waals surface area contributed by atoms with Crippen LogP contribution in [0.4, 0.5) is 11.4 Å². The number of amides is 2. The second-order valence-corrected chi connectivity index (χ2v) is 4.27. The van der Waals surface area contributed by atoms with E-state index >= 15 is 0 Å². The van der Waals surface area contributed by atoms with Gasteiger partial charge in [0.15, 0.2) is 0 Å². The van der Waals surface area contributed by atoms with Gasteiger partial charge in [-0.05, 0) is 12.5 Å². The number of non-ortho nitro benzene ring substituents is 1. The lowest BCUT2D eigenvalue weighted by atomic mass is 10.2. The molecular formula is C12H14ClN3O5. The summed E-state index contributed by atoms with van der Waals surface area (Å²) < 4.78 is 4.95. The van der Waals surface area contributed by atoms with Gasteiger partial charge in [0.2, 0.25) is 0 Å². The van der Waals surface area contributed by atoms with E-state index in [2.05, 4.69) is 10.6 Å². The number of nitrogens with zero attached hydrogens (tertiary/aromatic N) is 1. The molecule has 0 bridgehead atoms. The molecule has 0 radical (unpaired) electrons. The molecule has 1 aromatic carbocycles. The molecule has 0 aliphatic heterocycles. The van der Waals surface area contributed by atoms with E-state index in [-0.39, 0.29) is 23.7 Å². The predicted octanol–water partition coefficient (Wildman–Crippen LogP) is 1.29. The van der Waals surface area contributed by atoms with E-state index in [1.165, 1.54) is 19.2 Å². The van der Waals surface area contributed by atoms with Crippen LogP contribution >= 0.6 is 11.6 Å². The zero-order valence-electron chi connectivity index (χ0n) is 11.2. The van der Waals surface area contributed by atoms with Crippen molar-refractivity contribution in [2.75, 3.05) is 24.9 Å². The number of rotatable bonds is 6. The van der Waals surface area contributed by atoms with Crippen LogP contribution in [-0.4, -0.2) is 36.3 Å². The van der Waals surface area contributed by atoms with Gasteiger partial charge in [0.05, 0.1) is 23.8 Å². The average molecular weight is 316 g/mol. The Bertz CT molecular complexity index is 550. The summed E-state index contributed by atoms with van der Waals surface area (Å²) in [5, 5.41) is 15.4. The van der Waals surface area contributed by atoms with Crippen molar-refractivity contribution in [1.29, 1.82) is 0 Å². The molecule has 114 valence electrons. The third-order valence-electron chi connectivity index (χ3n) is 2.45. The van der Waals surface area contributed by atoms with Gasteiger partial charge in [0.25, 0.3) is 5.69 Å². The number of ether oxygens (including phenoxy) is 1. The SMILES string of the molecule is COc1cc([N+](=O)[O-])ccc1NC(=O)C(=O)NCCCCl. The Morgan fingerprint density at radius 1 is 1.38 bits per heavy atom. The van der Waals surface area contributed by atoms with Gasteiger partial charge in [0.1, 0.15) is 5.75 Å². The van der Waals surface area contributed by atoms with Crippen LogP contribution in [0.3, 0.4) is 0 Å². The van der Waals surface area contributed by atoms with Crippen LogP contribution in [-0.2, 0) is 9.59 Å². The fourth-order valence-electron chi connectivity index (χ4n) is 1.42. The maximum absolute atomic E-state index is 11.6. The molecule has 8 nitrogen and oxygen atoms in total. The van der Waals surface area contributed by atoms with Gasteiger partial charge in [-0.2, -0.15) is 0 Å². The quantitative estimate of drug-likeness (QED) is 0.270. The van der Waals surface area contributed by atoms with E-state index in [0.717, 1.165) is 6.07 Å². The van der Waals surface area contributed by atoms with Gasteiger partial charge in [-0.3, -0.25) is 19.7 Å². The Hall–Kier alpha value is -2.35. The molecule has 0 fully saturated rings. The number of nitro benzene ring substituents is 1. The highest BCUT2D eigenvalue weighted by Crippen LogP contribution is 2.28. The molecule has 0 spiro atoms. The molecule has 0 saturated heterocycles. The number of carbonyl (C=O) groups is 2. The van der Waals surface area contributed by atoms with Crippen LogP contribution in [0.1, 0.15) is 6.42 Å². The number of nitrogens with one attached hydrogen (secondary N) is 2. The van der Waals surface area contributed by atoms with Crippen molar-refractivity contribution in [2.45, 2.75) is 6.42 Å². The lowest BCUT2D eigenvalue weighted by molar-refractivity contribution is -0.384. The topological polar surface area (TPSA) is 111 Å². The number of hydrogen-bond donors (Lipinski definition) is 2. The van der Waals surface area contributed by atoms with Crippen molar-refractivity contribution in [3.63, 3.8) is 0 Å². The first-order chi connectivity index (χ1) is 9.99. The summed E-state index contributed by atoms with van der Waals surface area (Å²) in [6, 6.07) is 3.64. The molecule has 0 aromatic heterocycles. The first kappa shape index (κ1) is 16.7. The number of halogens is 1. The summed E-state index contributed by atoms with van der Waals surface area (Å²) >= 11 is 5.45. The molecule has 9 heteroatoms. The number of benzene rings is 1. The van der Waals surface area contributed by atoms with Crippen LogP contribution in [0.5, 0.6) is 5.75 Å². The van der Waals surface area contributed by atoms with Gasteiger partial charge in [-0.1, -0.05) is 0 Å². The van der Waals surface area contributed by atoms with Crippen molar-refractivity contribution in [2.24, 2.45) is 0 Å². The maximum atomic E-state index is 11.6. The molecule has 0 saturated carbocycles. The summed E-state index contributed by atoms with van der Waals surface area (Å²) in [5.41, 5.74) is -0.0167. The molecule has 21 heavy (non-hydrogen) atoms. The average Bonchev–Trinajstić information content (AvgIpc) is 2.47. The molecule has 2 N–H and O–H groups in total. The molecule has 2 amide bonds. The third-order valence-corrected chi connectivity index (χ3v) is 2.71. The first-order valence-electron chi connectivity index (χ1n) is 5.97. The zero-order chi connectivity index (χ0) is 15.8. The second kappa shape index (κ2) is 8.05. The molecule has 0 atom stereocenters. The number of hydrogen-bond acceptors (Lipinski definition) is 5. The Balaban J connectivity index is 2.75. The fourth-order valence-corrected chi connectivity index (χ4v) is 1.56. The minimum atomic E-state index is -0.892. The van der Waals surface area contributed by atoms with Crippen LogP contribution in [0.25, 0.3) is 0 Å². The smallest absolute Gasteiger partial charge is 0.313 e. The maximum Gasteiger partial charge on any atom is 0.313 e. The zero-order valence-corrected chi connectivity index (χ0v) is 12.0. The molecule has 0 heterocycles. The van der Waals surface area contributed by atoms with Crippen LogP contribution in [0, 0.1) is 10.1 Å². The van der Waals surface area contributed by atoms with Crippen molar-refractivity contribution in [3.8, 4) is 5.75 Å². The molecule has 0 unspecified atom stereocenters. The van der Waals surface area contributed by atoms with E-state index in [1.807, 2.05) is 0 Å². The van der Waals surface area contributed by atoms with E-state index < -0.39 is 16.7 Å². The highest BCUT2D eigenvalue weighted by molar-refractivity contribution is 6.39. The Morgan fingerprint density at radius 3 is 2.67 bits per heavy atom. The van der Waals surface area contributed by atoms with E-state index in [4.69, 9.17) is 16.3 Å². The fraction of sp³-hybridized carbons (Fsp3) is 0.333. The molecular weight excluding hydrogens is 302 g/mol. The minimum absolute atomic E-state index is 0.0890. The summed E-state index contributed by atoms with van der Waals surface area (Å²) in [5.74, 6) is -1.25. The van der Waals surface area contributed by atoms with Crippen molar-refractivity contribution in [3.05, 3.63) is 28.3 Å². The Morgan fingerprint density at radius 2 is 2.10 bits per heavy atom. The van der Waals surface area contributed by atoms with Gasteiger partial charge >= 0.3 is 11.8 Å². The van der Waals surface area contributed by atoms with Crippen molar-refractivity contribution < 1.29 is 19.2 Å². The Labute approximate surface area is 125 Å². The molecule has 0 aliphatic carbocycles. The van der Waals surface area contributed by atoms with Crippen molar-refractivity contribution in [1.82, 2.24) is 5.32 Å². The normalized spacial score (nSPS) is 9.81. The number of alkyl halides is 1. The molecule has 0 aliphatic rings. The standard InChI is InChI=1S/C12H14ClN3O5/c1-21-10-7-8(16(19)20)3-4-9(10)15-12(18)11(17)14-6-2-5-13/h3-4,7H,2,5-6H2,1H3,(H,14,17)(H,15,18). The van der Waals surface area contributed by atoms with Gasteiger partial charge in [0, 0.05) is 18.5 Å². The summed E-state index contributed by atoms with van der Waals surface area (Å²) in [7, 11) is 1.30. The molecule has 1 rings (SSSR count). The highest BCUT2D eigenvalue weighted by atomic mass is 35.5. The lowest BCUT2D eigenvalue weighted by Crippen LogP contribution is -2.36. The number of methoxy groups -OCH3 is 1. The highest BCUT2D eigenvalue weighted by Gasteiger charge is 2.17. The van der Waals surface area contributed by atoms with Crippen LogP contribution in [0.15, 0.2) is 18.2 Å². The monoisotopic (exact) mass is 315 g/mol. The largest absolute Gasteiger partial charge is 0.494 e. The predicted molar refractivity (Wildman–Crippen MR) is 76.6 cm³/mol. The summed E-state index contributed by atoms with van der Waals surface area (Å²) in [6.45, 7) is 0.285. The van der Waals surface area contributed by atoms with E-state index in [9.17, 15) is 19.7 Å². The minimum Gasteiger partial charge on any atom is -0.494 e. The summed E-state index contributed by atoms with van der Waals surface area (Å²) in [4.78, 5) is 33.2. The molecule has 1 aromatic rings.